The third kappa shape index (κ3) is 4.66. The molecule has 6 heteroatoms. The van der Waals surface area contributed by atoms with E-state index in [1.165, 1.54) is 16.7 Å². The van der Waals surface area contributed by atoms with Gasteiger partial charge in [-0.1, -0.05) is 35.9 Å². The lowest BCUT2D eigenvalue weighted by Crippen LogP contribution is -2.49. The fraction of sp³-hybridized carbons (Fsp3) is 0.357. The molecule has 3 aromatic rings. The molecule has 4 nitrogen and oxygen atoms in total. The Hall–Kier alpha value is -2.21. The number of halogens is 2. The zero-order valence-electron chi connectivity index (χ0n) is 19.2. The number of piperidine rings is 1. The lowest BCUT2D eigenvalue weighted by Gasteiger charge is -2.42. The van der Waals surface area contributed by atoms with Crippen molar-refractivity contribution < 1.29 is 9.53 Å². The zero-order valence-corrected chi connectivity index (χ0v) is 21.6. The second kappa shape index (κ2) is 10.2. The summed E-state index contributed by atoms with van der Waals surface area (Å²) in [6, 6.07) is 18.1. The van der Waals surface area contributed by atoms with Crippen LogP contribution < -0.4 is 0 Å². The number of aromatic nitrogens is 1. The molecular formula is C28H28BrClN2O2. The number of pyridine rings is 1. The van der Waals surface area contributed by atoms with Gasteiger partial charge in [-0.3, -0.25) is 9.78 Å². The number of nitrogens with zero attached hydrogens (tertiary/aromatic N) is 2. The molecule has 3 atom stereocenters. The van der Waals surface area contributed by atoms with Gasteiger partial charge in [-0.05, 0) is 94.6 Å². The number of carbonyl (C=O) groups is 1. The first kappa shape index (κ1) is 23.5. The van der Waals surface area contributed by atoms with Gasteiger partial charge in [-0.2, -0.15) is 0 Å². The van der Waals surface area contributed by atoms with Crippen LogP contribution >= 0.6 is 27.5 Å². The lowest BCUT2D eigenvalue weighted by molar-refractivity contribution is 0.0312. The Kier molecular flexibility index (Phi) is 7.05. The molecule has 1 saturated heterocycles. The fourth-order valence-corrected chi connectivity index (χ4v) is 6.28. The van der Waals surface area contributed by atoms with E-state index in [0.29, 0.717) is 19.1 Å². The highest BCUT2D eigenvalue weighted by Gasteiger charge is 2.39. The zero-order chi connectivity index (χ0) is 23.7. The standard InChI is InChI=1S/C28H28BrClN2O2/c1-34-17-24-15-20(11-12-32(24)28(33)18-5-3-2-4-6-18)26-25-10-9-23(30)14-19(25)7-8-21-13-22(29)16-31-27(21)26/h2-6,9-10,13-14,16,20,24,26H,7-8,11-12,15,17H2,1H3/t20?,24?,26-/m1/s1. The highest BCUT2D eigenvalue weighted by Crippen LogP contribution is 2.44. The smallest absolute Gasteiger partial charge is 0.254 e. The van der Waals surface area contributed by atoms with Crippen molar-refractivity contribution in [3.05, 3.63) is 98.2 Å². The number of methoxy groups -OCH3 is 1. The number of fused-ring (bicyclic) bond motifs is 2. The van der Waals surface area contributed by atoms with Gasteiger partial charge in [0.1, 0.15) is 0 Å². The third-order valence-electron chi connectivity index (χ3n) is 7.23. The van der Waals surface area contributed by atoms with Gasteiger partial charge in [0, 0.05) is 40.8 Å². The summed E-state index contributed by atoms with van der Waals surface area (Å²) in [6.07, 6.45) is 5.59. The predicted octanol–water partition coefficient (Wildman–Crippen LogP) is 6.30. The number of likely N-dealkylation sites (tertiary alicyclic amines) is 1. The van der Waals surface area contributed by atoms with Crippen molar-refractivity contribution in [3.63, 3.8) is 0 Å². The molecule has 0 spiro atoms. The number of benzene rings is 2. The van der Waals surface area contributed by atoms with Crippen LogP contribution in [0.4, 0.5) is 0 Å². The maximum atomic E-state index is 13.3. The molecule has 176 valence electrons. The second-order valence-electron chi connectivity index (χ2n) is 9.28. The van der Waals surface area contributed by atoms with E-state index < -0.39 is 0 Å². The molecule has 1 amide bonds. The molecule has 2 aromatic carbocycles. The highest BCUT2D eigenvalue weighted by atomic mass is 79.9. The van der Waals surface area contributed by atoms with Crippen molar-refractivity contribution in [2.24, 2.45) is 5.92 Å². The lowest BCUT2D eigenvalue weighted by atomic mass is 9.74. The van der Waals surface area contributed by atoms with Crippen molar-refractivity contribution in [1.29, 1.82) is 0 Å². The van der Waals surface area contributed by atoms with Gasteiger partial charge in [0.2, 0.25) is 0 Å². The van der Waals surface area contributed by atoms with Gasteiger partial charge in [-0.25, -0.2) is 0 Å². The maximum absolute atomic E-state index is 13.3. The van der Waals surface area contributed by atoms with Gasteiger partial charge in [0.25, 0.3) is 5.91 Å². The van der Waals surface area contributed by atoms with Gasteiger partial charge in [0.05, 0.1) is 18.3 Å². The van der Waals surface area contributed by atoms with Crippen molar-refractivity contribution >= 4 is 33.4 Å². The number of rotatable bonds is 4. The minimum absolute atomic E-state index is 0.0226. The van der Waals surface area contributed by atoms with Gasteiger partial charge in [-0.15, -0.1) is 0 Å². The molecule has 0 saturated carbocycles. The summed E-state index contributed by atoms with van der Waals surface area (Å²) in [5, 5.41) is 0.776. The molecule has 2 unspecified atom stereocenters. The molecule has 0 N–H and O–H groups in total. The van der Waals surface area contributed by atoms with E-state index in [1.54, 1.807) is 7.11 Å². The SMILES string of the molecule is COCC1CC([C@@H]2c3ccc(Cl)cc3CCc3cc(Br)cnc32)CCN1C(=O)c1ccccc1. The normalized spacial score (nSPS) is 22.0. The average Bonchev–Trinajstić information content (AvgIpc) is 3.00. The first-order chi connectivity index (χ1) is 16.5. The van der Waals surface area contributed by atoms with Crippen LogP contribution in [0.3, 0.4) is 0 Å². The summed E-state index contributed by atoms with van der Waals surface area (Å²) in [5.41, 5.74) is 5.80. The Bertz CT molecular complexity index is 1130. The molecule has 0 radical (unpaired) electrons. The molecule has 1 aliphatic carbocycles. The van der Waals surface area contributed by atoms with Crippen LogP contribution in [0.1, 0.15) is 51.5 Å². The molecule has 1 aliphatic heterocycles. The molecule has 1 aromatic heterocycles. The van der Waals surface area contributed by atoms with E-state index >= 15 is 0 Å². The average molecular weight is 540 g/mol. The molecule has 2 aliphatic rings. The Balaban J connectivity index is 1.50. The van der Waals surface area contributed by atoms with Gasteiger partial charge in [0.15, 0.2) is 0 Å². The van der Waals surface area contributed by atoms with Crippen LogP contribution in [0, 0.1) is 5.92 Å². The number of ether oxygens (including phenoxy) is 1. The Labute approximate surface area is 214 Å². The van der Waals surface area contributed by atoms with Crippen LogP contribution in [-0.2, 0) is 17.6 Å². The Morgan fingerprint density at radius 1 is 1.15 bits per heavy atom. The number of hydrogen-bond acceptors (Lipinski definition) is 3. The second-order valence-corrected chi connectivity index (χ2v) is 10.6. The third-order valence-corrected chi connectivity index (χ3v) is 7.90. The van der Waals surface area contributed by atoms with Gasteiger partial charge < -0.3 is 9.64 Å². The van der Waals surface area contributed by atoms with Crippen molar-refractivity contribution in [2.75, 3.05) is 20.3 Å². The van der Waals surface area contributed by atoms with Crippen LogP contribution in [0.5, 0.6) is 0 Å². The molecular weight excluding hydrogens is 512 g/mol. The first-order valence-corrected chi connectivity index (χ1v) is 13.0. The van der Waals surface area contributed by atoms with E-state index in [1.807, 2.05) is 47.5 Å². The molecule has 2 heterocycles. The summed E-state index contributed by atoms with van der Waals surface area (Å²) in [6.45, 7) is 1.23. The predicted molar refractivity (Wildman–Crippen MR) is 139 cm³/mol. The number of amides is 1. The van der Waals surface area contributed by atoms with E-state index in [9.17, 15) is 4.79 Å². The summed E-state index contributed by atoms with van der Waals surface area (Å²) in [4.78, 5) is 20.3. The number of hydrogen-bond donors (Lipinski definition) is 0. The topological polar surface area (TPSA) is 42.4 Å². The van der Waals surface area contributed by atoms with E-state index in [0.717, 1.165) is 46.4 Å². The molecule has 34 heavy (non-hydrogen) atoms. The van der Waals surface area contributed by atoms with Crippen LogP contribution in [-0.4, -0.2) is 42.1 Å². The summed E-state index contributed by atoms with van der Waals surface area (Å²) in [7, 11) is 1.71. The Morgan fingerprint density at radius 3 is 2.74 bits per heavy atom. The maximum Gasteiger partial charge on any atom is 0.254 e. The summed E-state index contributed by atoms with van der Waals surface area (Å²) >= 11 is 10.0. The monoisotopic (exact) mass is 538 g/mol. The Morgan fingerprint density at radius 2 is 1.94 bits per heavy atom. The largest absolute Gasteiger partial charge is 0.383 e. The van der Waals surface area contributed by atoms with Gasteiger partial charge >= 0.3 is 0 Å². The van der Waals surface area contributed by atoms with E-state index in [4.69, 9.17) is 21.3 Å². The number of aryl methyl sites for hydroxylation is 2. The van der Waals surface area contributed by atoms with Crippen molar-refractivity contribution in [3.8, 4) is 0 Å². The van der Waals surface area contributed by atoms with Crippen LogP contribution in [0.15, 0.2) is 65.3 Å². The molecule has 5 rings (SSSR count). The summed E-state index contributed by atoms with van der Waals surface area (Å²) in [5.74, 6) is 0.605. The minimum Gasteiger partial charge on any atom is -0.383 e. The number of carbonyl (C=O) groups excluding carboxylic acids is 1. The van der Waals surface area contributed by atoms with Crippen molar-refractivity contribution in [1.82, 2.24) is 9.88 Å². The van der Waals surface area contributed by atoms with Crippen molar-refractivity contribution in [2.45, 2.75) is 37.6 Å². The summed E-state index contributed by atoms with van der Waals surface area (Å²) < 4.78 is 6.60. The van der Waals surface area contributed by atoms with E-state index in [-0.39, 0.29) is 17.9 Å². The van der Waals surface area contributed by atoms with Crippen LogP contribution in [0.25, 0.3) is 0 Å². The fourth-order valence-electron chi connectivity index (χ4n) is 5.71. The quantitative estimate of drug-likeness (QED) is 0.391. The molecule has 0 bridgehead atoms. The first-order valence-electron chi connectivity index (χ1n) is 11.8. The van der Waals surface area contributed by atoms with Crippen LogP contribution in [0.2, 0.25) is 5.02 Å². The minimum atomic E-state index is 0.0226. The van der Waals surface area contributed by atoms with E-state index in [2.05, 4.69) is 34.1 Å². The molecule has 1 fully saturated rings. The highest BCUT2D eigenvalue weighted by molar-refractivity contribution is 9.10.